The van der Waals surface area contributed by atoms with Gasteiger partial charge in [0, 0.05) is 24.2 Å². The lowest BCUT2D eigenvalue weighted by Gasteiger charge is -2.27. The summed E-state index contributed by atoms with van der Waals surface area (Å²) in [6, 6.07) is 10.5. The number of fused-ring (bicyclic) bond motifs is 2. The monoisotopic (exact) mass is 824 g/mol. The lowest BCUT2D eigenvalue weighted by molar-refractivity contribution is -0.0467. The van der Waals surface area contributed by atoms with E-state index < -0.39 is 29.3 Å². The van der Waals surface area contributed by atoms with Crippen molar-refractivity contribution in [1.82, 2.24) is 29.1 Å². The van der Waals surface area contributed by atoms with E-state index in [1.807, 2.05) is 30.7 Å². The summed E-state index contributed by atoms with van der Waals surface area (Å²) in [6.45, 7) is 13.4. The molecular weight excluding hydrogens is 780 g/mol. The number of rotatable bonds is 5. The SMILES string of the molecule is CC[C@H]1O[C@@H](n2ccc3c(Cl)ncnc32)[C@](C)(C#N)[C@@H]1C.CC[C@H]1O[C@H](Br)[C@](C)(C#N)[C@@H]1C.C[C@@]1(C#N)[C@H](O)[C@@H](CO)O[C@H]1n1ccc2c(N)ncnc21. The van der Waals surface area contributed by atoms with Crippen LogP contribution in [0.25, 0.3) is 22.1 Å². The van der Waals surface area contributed by atoms with Crippen molar-refractivity contribution in [2.24, 2.45) is 28.1 Å². The summed E-state index contributed by atoms with van der Waals surface area (Å²) in [5.74, 6) is 0.777. The summed E-state index contributed by atoms with van der Waals surface area (Å²) in [4.78, 5) is 16.4. The zero-order chi connectivity index (χ0) is 39.7. The summed E-state index contributed by atoms with van der Waals surface area (Å²) in [5.41, 5.74) is 4.81. The second kappa shape index (κ2) is 16.0. The van der Waals surface area contributed by atoms with Crippen LogP contribution in [0, 0.1) is 62.1 Å². The summed E-state index contributed by atoms with van der Waals surface area (Å²) in [7, 11) is 0. The standard InChI is InChI=1S/C15H17ClN4O.C13H15N5O3.C9H14BrNO/c1-4-11-9(2)15(3,7-17)14(21-11)20-6-5-10-12(16)18-8-19-13(10)20;1-13(5-14)9(20)8(4-19)21-12(13)18-3-2-7-10(15)16-6-17-11(7)18;1-4-7-6(2)9(3,5-11)8(10)12-7/h5-6,8-9,11,14H,4H2,1-3H3;2-3,6,8-9,12,19-20H,4H2,1H3,(H2,15,16,17);6-8H,4H2,1-3H3/t9-,11-,14-,15-;8-,9-,12-,13-;6-,7-,8+,9-/m111/s1. The maximum Gasteiger partial charge on any atom is 0.156 e. The average molecular weight is 826 g/mol. The molecule has 0 bridgehead atoms. The highest BCUT2D eigenvalue weighted by Crippen LogP contribution is 2.51. The molecule has 0 radical (unpaired) electrons. The Balaban J connectivity index is 0.000000162. The Morgan fingerprint density at radius 2 is 1.28 bits per heavy atom. The van der Waals surface area contributed by atoms with Crippen LogP contribution in [0.2, 0.25) is 5.15 Å². The fourth-order valence-electron chi connectivity index (χ4n) is 7.45. The van der Waals surface area contributed by atoms with Gasteiger partial charge in [-0.25, -0.2) is 19.9 Å². The third kappa shape index (κ3) is 6.81. The molecule has 4 aromatic rings. The molecule has 0 amide bonds. The number of alkyl halides is 1. The zero-order valence-corrected chi connectivity index (χ0v) is 33.6. The topological polar surface area (TPSA) is 227 Å². The first-order valence-corrected chi connectivity index (χ1v) is 19.1. The van der Waals surface area contributed by atoms with E-state index in [0.717, 1.165) is 18.2 Å². The van der Waals surface area contributed by atoms with Gasteiger partial charge in [0.05, 0.1) is 53.2 Å². The molecular formula is C37H46BrClN10O5. The van der Waals surface area contributed by atoms with Crippen molar-refractivity contribution in [3.8, 4) is 18.2 Å². The Morgan fingerprint density at radius 1 is 0.796 bits per heavy atom. The molecule has 3 aliphatic heterocycles. The minimum atomic E-state index is -1.21. The van der Waals surface area contributed by atoms with Crippen molar-refractivity contribution < 1.29 is 24.4 Å². The smallest absolute Gasteiger partial charge is 0.156 e. The maximum atomic E-state index is 10.2. The Morgan fingerprint density at radius 3 is 1.80 bits per heavy atom. The van der Waals surface area contributed by atoms with E-state index in [1.165, 1.54) is 12.7 Å². The quantitative estimate of drug-likeness (QED) is 0.154. The molecule has 3 saturated heterocycles. The highest BCUT2D eigenvalue weighted by atomic mass is 79.9. The molecule has 0 unspecified atom stereocenters. The number of nitrogens with zero attached hydrogens (tertiary/aromatic N) is 9. The summed E-state index contributed by atoms with van der Waals surface area (Å²) in [5, 5.41) is 49.4. The van der Waals surface area contributed by atoms with Crippen LogP contribution in [0.3, 0.4) is 0 Å². The predicted octanol–water partition coefficient (Wildman–Crippen LogP) is 6.03. The number of aromatic nitrogens is 6. The lowest BCUT2D eigenvalue weighted by Crippen LogP contribution is -2.37. The van der Waals surface area contributed by atoms with Gasteiger partial charge in [0.15, 0.2) is 12.5 Å². The van der Waals surface area contributed by atoms with Crippen LogP contribution < -0.4 is 5.73 Å². The highest BCUT2D eigenvalue weighted by Gasteiger charge is 2.55. The van der Waals surface area contributed by atoms with E-state index in [-0.39, 0.29) is 41.4 Å². The Bertz CT molecular complexity index is 1970. The van der Waals surface area contributed by atoms with Gasteiger partial charge in [0.25, 0.3) is 0 Å². The molecule has 4 aromatic heterocycles. The third-order valence-corrected chi connectivity index (χ3v) is 13.1. The van der Waals surface area contributed by atoms with Gasteiger partial charge in [0.1, 0.15) is 63.0 Å². The first-order valence-electron chi connectivity index (χ1n) is 17.8. The first kappa shape index (κ1) is 41.2. The number of ether oxygens (including phenoxy) is 3. The van der Waals surface area contributed by atoms with E-state index in [0.29, 0.717) is 33.6 Å². The molecule has 0 aliphatic carbocycles. The van der Waals surface area contributed by atoms with E-state index >= 15 is 0 Å². The first-order chi connectivity index (χ1) is 25.6. The second-order valence-electron chi connectivity index (χ2n) is 14.6. The zero-order valence-electron chi connectivity index (χ0n) is 31.3. The third-order valence-electron chi connectivity index (χ3n) is 11.6. The van der Waals surface area contributed by atoms with Crippen molar-refractivity contribution in [2.75, 3.05) is 12.3 Å². The van der Waals surface area contributed by atoms with Gasteiger partial charge in [-0.05, 0) is 45.7 Å². The fourth-order valence-corrected chi connectivity index (χ4v) is 8.43. The van der Waals surface area contributed by atoms with Crippen LogP contribution in [0.1, 0.15) is 73.8 Å². The molecule has 3 aliphatic rings. The number of aliphatic hydroxyl groups excluding tert-OH is 2. The maximum absolute atomic E-state index is 10.2. The molecule has 3 fully saturated rings. The van der Waals surface area contributed by atoms with Gasteiger partial charge < -0.3 is 39.3 Å². The fraction of sp³-hybridized carbons (Fsp3) is 0.595. The van der Waals surface area contributed by atoms with E-state index in [4.69, 9.17) is 36.8 Å². The van der Waals surface area contributed by atoms with Crippen molar-refractivity contribution in [3.63, 3.8) is 0 Å². The number of halogens is 2. The molecule has 7 rings (SSSR count). The van der Waals surface area contributed by atoms with Crippen LogP contribution in [-0.2, 0) is 14.2 Å². The van der Waals surface area contributed by atoms with Crippen LogP contribution in [0.5, 0.6) is 0 Å². The number of nitriles is 3. The Kier molecular flexibility index (Phi) is 12.3. The van der Waals surface area contributed by atoms with Crippen molar-refractivity contribution in [2.45, 2.75) is 103 Å². The summed E-state index contributed by atoms with van der Waals surface area (Å²) >= 11 is 9.49. The van der Waals surface area contributed by atoms with Gasteiger partial charge in [-0.15, -0.1) is 0 Å². The van der Waals surface area contributed by atoms with Crippen molar-refractivity contribution in [1.29, 1.82) is 15.8 Å². The normalized spacial score (nSPS) is 35.7. The number of hydrogen-bond acceptors (Lipinski definition) is 13. The molecule has 0 saturated carbocycles. The molecule has 12 atom stereocenters. The Labute approximate surface area is 327 Å². The predicted molar refractivity (Wildman–Crippen MR) is 203 cm³/mol. The number of aliphatic hydroxyl groups is 2. The summed E-state index contributed by atoms with van der Waals surface area (Å²) in [6.07, 6.45) is 5.38. The van der Waals surface area contributed by atoms with Crippen molar-refractivity contribution in [3.05, 3.63) is 42.3 Å². The molecule has 54 heavy (non-hydrogen) atoms. The van der Waals surface area contributed by atoms with Gasteiger partial charge >= 0.3 is 0 Å². The highest BCUT2D eigenvalue weighted by molar-refractivity contribution is 9.09. The van der Waals surface area contributed by atoms with Gasteiger partial charge in [-0.2, -0.15) is 15.8 Å². The molecule has 0 spiro atoms. The lowest BCUT2D eigenvalue weighted by atomic mass is 9.77. The number of nitrogens with two attached hydrogens (primary N) is 1. The Hall–Kier alpha value is -3.92. The van der Waals surface area contributed by atoms with E-state index in [1.54, 1.807) is 23.8 Å². The van der Waals surface area contributed by atoms with Gasteiger partial charge in [-0.1, -0.05) is 55.2 Å². The van der Waals surface area contributed by atoms with Crippen LogP contribution >= 0.6 is 27.5 Å². The van der Waals surface area contributed by atoms with Gasteiger partial charge in [-0.3, -0.25) is 0 Å². The number of nitrogen functional groups attached to an aromatic ring is 1. The molecule has 0 aromatic carbocycles. The molecule has 288 valence electrons. The number of hydrogen-bond donors (Lipinski definition) is 3. The molecule has 7 heterocycles. The van der Waals surface area contributed by atoms with E-state index in [2.05, 4.69) is 81.8 Å². The summed E-state index contributed by atoms with van der Waals surface area (Å²) < 4.78 is 21.0. The minimum absolute atomic E-state index is 0.0643. The average Bonchev–Trinajstić information content (AvgIpc) is 3.97. The minimum Gasteiger partial charge on any atom is -0.394 e. The van der Waals surface area contributed by atoms with Crippen molar-refractivity contribution >= 4 is 55.4 Å². The largest absolute Gasteiger partial charge is 0.394 e. The van der Waals surface area contributed by atoms with Crippen LogP contribution in [-0.4, -0.2) is 75.3 Å². The number of anilines is 1. The van der Waals surface area contributed by atoms with Crippen LogP contribution in [0.15, 0.2) is 37.2 Å². The van der Waals surface area contributed by atoms with Crippen LogP contribution in [0.4, 0.5) is 5.82 Å². The molecule has 4 N–H and O–H groups in total. The molecule has 17 heteroatoms. The molecule has 15 nitrogen and oxygen atoms in total. The van der Waals surface area contributed by atoms with Gasteiger partial charge in [0.2, 0.25) is 0 Å². The van der Waals surface area contributed by atoms with E-state index in [9.17, 15) is 20.7 Å². The second-order valence-corrected chi connectivity index (χ2v) is 15.8.